The van der Waals surface area contributed by atoms with E-state index < -0.39 is 0 Å². The number of fused-ring (bicyclic) bond motifs is 1. The van der Waals surface area contributed by atoms with E-state index in [4.69, 9.17) is 0 Å². The third-order valence-corrected chi connectivity index (χ3v) is 5.51. The lowest BCUT2D eigenvalue weighted by molar-refractivity contribution is 0.156. The van der Waals surface area contributed by atoms with E-state index in [1.54, 1.807) is 6.20 Å². The molecule has 4 rings (SSSR count). The van der Waals surface area contributed by atoms with Crippen LogP contribution in [0.15, 0.2) is 36.7 Å². The van der Waals surface area contributed by atoms with Crippen LogP contribution in [0.1, 0.15) is 19.8 Å². The average molecular weight is 384 g/mol. The Kier molecular flexibility index (Phi) is 5.06. The molecule has 0 aliphatic carbocycles. The molecule has 2 aliphatic heterocycles. The number of anilines is 1. The summed E-state index contributed by atoms with van der Waals surface area (Å²) in [6.45, 7) is 2.04. The quantitative estimate of drug-likeness (QED) is 0.755. The van der Waals surface area contributed by atoms with Crippen LogP contribution in [0.3, 0.4) is 0 Å². The molecule has 2 amide bonds. The van der Waals surface area contributed by atoms with E-state index in [2.05, 4.69) is 45.3 Å². The van der Waals surface area contributed by atoms with Crippen LogP contribution in [0.5, 0.6) is 0 Å². The van der Waals surface area contributed by atoms with Crippen molar-refractivity contribution in [3.8, 4) is 0 Å². The summed E-state index contributed by atoms with van der Waals surface area (Å²) in [5.41, 5.74) is 8.20. The summed E-state index contributed by atoms with van der Waals surface area (Å²) < 4.78 is 0. The van der Waals surface area contributed by atoms with Gasteiger partial charge in [-0.1, -0.05) is 12.1 Å². The van der Waals surface area contributed by atoms with E-state index in [1.807, 2.05) is 42.3 Å². The van der Waals surface area contributed by atoms with Gasteiger partial charge in [-0.25, -0.2) is 9.78 Å². The number of amides is 2. The number of aromatic nitrogens is 1. The normalized spacial score (nSPS) is 18.1. The van der Waals surface area contributed by atoms with Crippen molar-refractivity contribution >= 4 is 28.3 Å². The third-order valence-electron chi connectivity index (χ3n) is 5.51. The summed E-state index contributed by atoms with van der Waals surface area (Å²) in [6, 6.07) is 8.26. The smallest absolute Gasteiger partial charge is 0.323 e. The first kappa shape index (κ1) is 18.5. The van der Waals surface area contributed by atoms with Crippen LogP contribution in [-0.2, 0) is 0 Å². The van der Waals surface area contributed by atoms with Gasteiger partial charge in [0.25, 0.3) is 0 Å². The first-order valence-corrected chi connectivity index (χ1v) is 9.58. The fourth-order valence-corrected chi connectivity index (χ4v) is 3.68. The zero-order chi connectivity index (χ0) is 19.7. The number of carbonyl (C=O) groups is 1. The van der Waals surface area contributed by atoms with Crippen molar-refractivity contribution in [3.63, 3.8) is 0 Å². The summed E-state index contributed by atoms with van der Waals surface area (Å²) in [5.74, 6) is 0.568. The zero-order valence-corrected chi connectivity index (χ0v) is 16.6. The number of hydrazine groups is 2. The fourth-order valence-electron chi connectivity index (χ4n) is 3.68. The van der Waals surface area contributed by atoms with Crippen LogP contribution in [0.2, 0.25) is 0 Å². The minimum Gasteiger partial charge on any atom is -0.324 e. The minimum absolute atomic E-state index is 0. The Morgan fingerprint density at radius 3 is 2.75 bits per heavy atom. The van der Waals surface area contributed by atoms with E-state index >= 15 is 0 Å². The standard InChI is InChI=1S/C20H27N7O.H2/c1-25-8-6-17(7-9-25)27(3)20(28)22-19-11-16-10-14(4-5-15(16)12-21-19)18-13-26(2)24-23-18;/h4-5,10-13,17,23-24H,6-9H2,1-3H3,(H,21,22,28);1H. The number of likely N-dealkylation sites (tertiary alicyclic amines) is 1. The van der Waals surface area contributed by atoms with Gasteiger partial charge in [0, 0.05) is 44.9 Å². The predicted octanol–water partition coefficient (Wildman–Crippen LogP) is 2.29. The third kappa shape index (κ3) is 3.88. The van der Waals surface area contributed by atoms with Gasteiger partial charge in [-0.05, 0) is 50.5 Å². The molecule has 2 aromatic rings. The molecule has 3 heterocycles. The highest BCUT2D eigenvalue weighted by Gasteiger charge is 2.24. The maximum atomic E-state index is 12.7. The molecule has 1 saturated heterocycles. The van der Waals surface area contributed by atoms with Crippen LogP contribution in [-0.4, -0.2) is 66.1 Å². The first-order valence-electron chi connectivity index (χ1n) is 9.58. The van der Waals surface area contributed by atoms with Crippen LogP contribution in [0, 0.1) is 0 Å². The van der Waals surface area contributed by atoms with Gasteiger partial charge < -0.3 is 15.2 Å². The Morgan fingerprint density at radius 1 is 1.25 bits per heavy atom. The highest BCUT2D eigenvalue weighted by Crippen LogP contribution is 2.23. The molecular formula is C20H29N7O. The molecule has 28 heavy (non-hydrogen) atoms. The van der Waals surface area contributed by atoms with Crippen molar-refractivity contribution in [1.82, 2.24) is 30.8 Å². The number of hydrogen-bond donors (Lipinski definition) is 3. The predicted molar refractivity (Wildman–Crippen MR) is 113 cm³/mol. The molecule has 3 N–H and O–H groups in total. The molecule has 0 saturated carbocycles. The molecule has 1 fully saturated rings. The second-order valence-electron chi connectivity index (χ2n) is 7.60. The van der Waals surface area contributed by atoms with Crippen molar-refractivity contribution in [2.45, 2.75) is 18.9 Å². The lowest BCUT2D eigenvalue weighted by Gasteiger charge is -2.34. The molecule has 0 unspecified atom stereocenters. The van der Waals surface area contributed by atoms with Crippen molar-refractivity contribution in [2.75, 3.05) is 39.5 Å². The Balaban J connectivity index is 0.00000240. The van der Waals surface area contributed by atoms with Crippen molar-refractivity contribution in [1.29, 1.82) is 0 Å². The molecular weight excluding hydrogens is 354 g/mol. The molecule has 0 spiro atoms. The van der Waals surface area contributed by atoms with Gasteiger partial charge in [-0.15, -0.1) is 5.53 Å². The van der Waals surface area contributed by atoms with Crippen LogP contribution in [0.25, 0.3) is 16.5 Å². The zero-order valence-electron chi connectivity index (χ0n) is 16.6. The summed E-state index contributed by atoms with van der Waals surface area (Å²) in [7, 11) is 5.92. The summed E-state index contributed by atoms with van der Waals surface area (Å²) >= 11 is 0. The molecule has 0 bridgehead atoms. The molecule has 1 aromatic heterocycles. The van der Waals surface area contributed by atoms with E-state index in [-0.39, 0.29) is 13.5 Å². The number of nitrogens with zero attached hydrogens (tertiary/aromatic N) is 4. The van der Waals surface area contributed by atoms with E-state index in [9.17, 15) is 4.79 Å². The maximum absolute atomic E-state index is 12.7. The molecule has 8 nitrogen and oxygen atoms in total. The number of nitrogens with one attached hydrogen (secondary N) is 3. The van der Waals surface area contributed by atoms with Crippen LogP contribution >= 0.6 is 0 Å². The SMILES string of the molecule is CN1CCC(N(C)C(=O)Nc2cc3cc(C4=CN(C)NN4)ccc3cn2)CC1.[HH]. The summed E-state index contributed by atoms with van der Waals surface area (Å²) in [5, 5.41) is 6.87. The number of piperidine rings is 1. The number of hydrogen-bond acceptors (Lipinski definition) is 6. The van der Waals surface area contributed by atoms with Gasteiger partial charge in [-0.2, -0.15) is 0 Å². The highest BCUT2D eigenvalue weighted by atomic mass is 16.2. The van der Waals surface area contributed by atoms with Gasteiger partial charge in [-0.3, -0.25) is 10.3 Å². The fraction of sp³-hybridized carbons (Fsp3) is 0.400. The number of urea groups is 1. The van der Waals surface area contributed by atoms with Crippen molar-refractivity contribution in [3.05, 3.63) is 42.2 Å². The summed E-state index contributed by atoms with van der Waals surface area (Å²) in [4.78, 5) is 21.2. The molecule has 0 radical (unpaired) electrons. The number of rotatable bonds is 3. The Hall–Kier alpha value is -2.84. The molecule has 8 heteroatoms. The van der Waals surface area contributed by atoms with Crippen molar-refractivity contribution in [2.24, 2.45) is 0 Å². The Labute approximate surface area is 166 Å². The minimum atomic E-state index is -0.108. The average Bonchev–Trinajstić information content (AvgIpc) is 3.14. The van der Waals surface area contributed by atoms with Crippen LogP contribution in [0.4, 0.5) is 10.6 Å². The lowest BCUT2D eigenvalue weighted by atomic mass is 10.0. The second-order valence-corrected chi connectivity index (χ2v) is 7.60. The van der Waals surface area contributed by atoms with Crippen LogP contribution < -0.4 is 16.3 Å². The topological polar surface area (TPSA) is 75.8 Å². The largest absolute Gasteiger partial charge is 0.324 e. The lowest BCUT2D eigenvalue weighted by Crippen LogP contribution is -2.46. The first-order chi connectivity index (χ1) is 13.5. The maximum Gasteiger partial charge on any atom is 0.323 e. The monoisotopic (exact) mass is 383 g/mol. The van der Waals surface area contributed by atoms with E-state index in [1.165, 1.54) is 0 Å². The van der Waals surface area contributed by atoms with E-state index in [0.717, 1.165) is 48.0 Å². The highest BCUT2D eigenvalue weighted by molar-refractivity contribution is 5.92. The van der Waals surface area contributed by atoms with E-state index in [0.29, 0.717) is 5.82 Å². The Bertz CT molecular complexity index is 911. The van der Waals surface area contributed by atoms with Crippen molar-refractivity contribution < 1.29 is 6.22 Å². The molecule has 2 aliphatic rings. The number of benzene rings is 1. The van der Waals surface area contributed by atoms with Gasteiger partial charge in [0.05, 0.1) is 5.70 Å². The van der Waals surface area contributed by atoms with Gasteiger partial charge >= 0.3 is 6.03 Å². The molecule has 0 atom stereocenters. The van der Waals surface area contributed by atoms with Gasteiger partial charge in [0.2, 0.25) is 0 Å². The number of pyridine rings is 1. The van der Waals surface area contributed by atoms with Gasteiger partial charge in [0.1, 0.15) is 5.82 Å². The Morgan fingerprint density at radius 2 is 2.04 bits per heavy atom. The van der Waals surface area contributed by atoms with Gasteiger partial charge in [0.15, 0.2) is 0 Å². The number of carbonyl (C=O) groups excluding carboxylic acids is 1. The molecule has 1 aromatic carbocycles. The summed E-state index contributed by atoms with van der Waals surface area (Å²) in [6.07, 6.45) is 5.78. The molecule has 150 valence electrons. The second kappa shape index (κ2) is 7.65.